The van der Waals surface area contributed by atoms with Gasteiger partial charge in [0.1, 0.15) is 11.4 Å². The number of pyridine rings is 1. The SMILES string of the molecule is Cc1cc(N2CC(=O)NC(=O)C2(C)C)ncc1N. The van der Waals surface area contributed by atoms with Crippen LogP contribution < -0.4 is 16.0 Å². The van der Waals surface area contributed by atoms with E-state index in [1.807, 2.05) is 6.92 Å². The summed E-state index contributed by atoms with van der Waals surface area (Å²) in [6.45, 7) is 5.47. The van der Waals surface area contributed by atoms with Gasteiger partial charge in [-0.25, -0.2) is 4.98 Å². The highest BCUT2D eigenvalue weighted by Gasteiger charge is 2.41. The van der Waals surface area contributed by atoms with E-state index in [2.05, 4.69) is 10.3 Å². The number of nitrogen functional groups attached to an aromatic ring is 1. The number of nitrogens with one attached hydrogen (secondary N) is 1. The molecule has 2 rings (SSSR count). The van der Waals surface area contributed by atoms with Crippen molar-refractivity contribution in [1.82, 2.24) is 10.3 Å². The van der Waals surface area contributed by atoms with Crippen LogP contribution in [-0.4, -0.2) is 28.9 Å². The van der Waals surface area contributed by atoms with Crippen LogP contribution in [0.5, 0.6) is 0 Å². The summed E-state index contributed by atoms with van der Waals surface area (Å²) in [5.41, 5.74) is 6.35. The van der Waals surface area contributed by atoms with Gasteiger partial charge in [0.15, 0.2) is 0 Å². The number of nitrogens with zero attached hydrogens (tertiary/aromatic N) is 2. The Hall–Kier alpha value is -2.11. The summed E-state index contributed by atoms with van der Waals surface area (Å²) in [5, 5.41) is 2.32. The maximum atomic E-state index is 11.8. The van der Waals surface area contributed by atoms with Crippen LogP contribution in [0.15, 0.2) is 12.3 Å². The van der Waals surface area contributed by atoms with Crippen LogP contribution in [-0.2, 0) is 9.59 Å². The molecule has 0 unspecified atom stereocenters. The second-order valence-electron chi connectivity index (χ2n) is 4.92. The number of aryl methyl sites for hydroxylation is 1. The van der Waals surface area contributed by atoms with Crippen LogP contribution >= 0.6 is 0 Å². The molecule has 2 amide bonds. The number of aromatic nitrogens is 1. The van der Waals surface area contributed by atoms with Gasteiger partial charge in [0.2, 0.25) is 5.91 Å². The molecule has 0 atom stereocenters. The van der Waals surface area contributed by atoms with Crippen molar-refractivity contribution in [3.8, 4) is 0 Å². The number of hydrogen-bond acceptors (Lipinski definition) is 5. The Bertz CT molecular complexity index is 525. The summed E-state index contributed by atoms with van der Waals surface area (Å²) in [6.07, 6.45) is 1.54. The highest BCUT2D eigenvalue weighted by Crippen LogP contribution is 2.26. The van der Waals surface area contributed by atoms with Gasteiger partial charge in [-0.2, -0.15) is 0 Å². The molecule has 1 fully saturated rings. The Balaban J connectivity index is 2.43. The first-order valence-corrected chi connectivity index (χ1v) is 5.66. The number of anilines is 2. The molecule has 0 aliphatic carbocycles. The van der Waals surface area contributed by atoms with Gasteiger partial charge in [-0.3, -0.25) is 14.9 Å². The Kier molecular flexibility index (Phi) is 2.73. The molecule has 0 bridgehead atoms. The summed E-state index contributed by atoms with van der Waals surface area (Å²) < 4.78 is 0. The van der Waals surface area contributed by atoms with E-state index in [1.165, 1.54) is 6.20 Å². The first-order valence-electron chi connectivity index (χ1n) is 5.66. The minimum atomic E-state index is -0.816. The Morgan fingerprint density at radius 2 is 2.11 bits per heavy atom. The number of rotatable bonds is 1. The van der Waals surface area contributed by atoms with Crippen LogP contribution in [0.2, 0.25) is 0 Å². The number of imide groups is 1. The predicted molar refractivity (Wildman–Crippen MR) is 68.0 cm³/mol. The lowest BCUT2D eigenvalue weighted by atomic mass is 9.98. The molecule has 96 valence electrons. The fraction of sp³-hybridized carbons (Fsp3) is 0.417. The van der Waals surface area contributed by atoms with Crippen LogP contribution in [0.25, 0.3) is 0 Å². The molecule has 0 radical (unpaired) electrons. The zero-order valence-electron chi connectivity index (χ0n) is 10.7. The van der Waals surface area contributed by atoms with Crippen LogP contribution in [0.3, 0.4) is 0 Å². The first-order chi connectivity index (χ1) is 8.32. The zero-order chi connectivity index (χ0) is 13.5. The van der Waals surface area contributed by atoms with Gasteiger partial charge >= 0.3 is 0 Å². The number of carbonyl (C=O) groups is 2. The summed E-state index contributed by atoms with van der Waals surface area (Å²) >= 11 is 0. The van der Waals surface area contributed by atoms with E-state index in [0.717, 1.165) is 5.56 Å². The molecular weight excluding hydrogens is 232 g/mol. The minimum absolute atomic E-state index is 0.106. The molecule has 2 heterocycles. The van der Waals surface area contributed by atoms with Crippen molar-refractivity contribution in [1.29, 1.82) is 0 Å². The molecule has 1 aromatic heterocycles. The fourth-order valence-electron chi connectivity index (χ4n) is 1.85. The molecule has 6 nitrogen and oxygen atoms in total. The molecule has 18 heavy (non-hydrogen) atoms. The van der Waals surface area contributed by atoms with Crippen LogP contribution in [0.4, 0.5) is 11.5 Å². The van der Waals surface area contributed by atoms with E-state index in [4.69, 9.17) is 5.73 Å². The normalized spacial score (nSPS) is 18.7. The lowest BCUT2D eigenvalue weighted by molar-refractivity contribution is -0.135. The lowest BCUT2D eigenvalue weighted by Crippen LogP contribution is -2.64. The summed E-state index contributed by atoms with van der Waals surface area (Å²) in [6, 6.07) is 1.78. The van der Waals surface area contributed by atoms with Gasteiger partial charge in [-0.05, 0) is 32.4 Å². The molecular formula is C12H16N4O2. The Morgan fingerprint density at radius 3 is 2.72 bits per heavy atom. The third-order valence-corrected chi connectivity index (χ3v) is 3.20. The number of hydrogen-bond donors (Lipinski definition) is 2. The third-order valence-electron chi connectivity index (χ3n) is 3.20. The van der Waals surface area contributed by atoms with Gasteiger partial charge in [-0.15, -0.1) is 0 Å². The quantitative estimate of drug-likeness (QED) is 0.694. The second kappa shape index (κ2) is 3.97. The monoisotopic (exact) mass is 248 g/mol. The zero-order valence-corrected chi connectivity index (χ0v) is 10.7. The smallest absolute Gasteiger partial charge is 0.251 e. The van der Waals surface area contributed by atoms with Crippen molar-refractivity contribution in [3.63, 3.8) is 0 Å². The Morgan fingerprint density at radius 1 is 1.44 bits per heavy atom. The topological polar surface area (TPSA) is 88.3 Å². The largest absolute Gasteiger partial charge is 0.397 e. The van der Waals surface area contributed by atoms with Gasteiger partial charge in [-0.1, -0.05) is 0 Å². The molecule has 1 saturated heterocycles. The maximum Gasteiger partial charge on any atom is 0.251 e. The van der Waals surface area contributed by atoms with Crippen molar-refractivity contribution in [3.05, 3.63) is 17.8 Å². The summed E-state index contributed by atoms with van der Waals surface area (Å²) in [5.74, 6) is -0.0690. The van der Waals surface area contributed by atoms with Gasteiger partial charge in [0.25, 0.3) is 5.91 Å². The number of piperazine rings is 1. The number of nitrogens with two attached hydrogens (primary N) is 1. The average Bonchev–Trinajstić information content (AvgIpc) is 2.28. The molecule has 6 heteroatoms. The molecule has 3 N–H and O–H groups in total. The van der Waals surface area contributed by atoms with E-state index >= 15 is 0 Å². The molecule has 1 aliphatic rings. The first kappa shape index (κ1) is 12.3. The van der Waals surface area contributed by atoms with Gasteiger partial charge in [0, 0.05) is 0 Å². The van der Waals surface area contributed by atoms with Gasteiger partial charge < -0.3 is 10.6 Å². The van der Waals surface area contributed by atoms with E-state index in [9.17, 15) is 9.59 Å². The van der Waals surface area contributed by atoms with Crippen molar-refractivity contribution < 1.29 is 9.59 Å². The van der Waals surface area contributed by atoms with Gasteiger partial charge in [0.05, 0.1) is 18.4 Å². The molecule has 0 saturated carbocycles. The fourth-order valence-corrected chi connectivity index (χ4v) is 1.85. The van der Waals surface area contributed by atoms with E-state index in [0.29, 0.717) is 11.5 Å². The standard InChI is InChI=1S/C12H16N4O2/c1-7-4-9(14-5-8(7)13)16-6-10(17)15-11(18)12(16,2)3/h4-5H,6,13H2,1-3H3,(H,15,17,18). The lowest BCUT2D eigenvalue weighted by Gasteiger charge is -2.41. The molecule has 1 aromatic rings. The predicted octanol–water partition coefficient (Wildman–Crippen LogP) is 0.214. The summed E-state index contributed by atoms with van der Waals surface area (Å²) in [7, 11) is 0. The van der Waals surface area contributed by atoms with Crippen molar-refractivity contribution in [2.75, 3.05) is 17.2 Å². The van der Waals surface area contributed by atoms with E-state index < -0.39 is 5.54 Å². The molecule has 1 aliphatic heterocycles. The van der Waals surface area contributed by atoms with E-state index in [-0.39, 0.29) is 18.4 Å². The Labute approximate surface area is 105 Å². The molecule has 0 aromatic carbocycles. The van der Waals surface area contributed by atoms with Crippen molar-refractivity contribution in [2.45, 2.75) is 26.3 Å². The third kappa shape index (κ3) is 1.90. The highest BCUT2D eigenvalue weighted by atomic mass is 16.2. The van der Waals surface area contributed by atoms with Crippen molar-refractivity contribution >= 4 is 23.3 Å². The highest BCUT2D eigenvalue weighted by molar-refractivity contribution is 6.06. The number of carbonyl (C=O) groups excluding carboxylic acids is 2. The summed E-state index contributed by atoms with van der Waals surface area (Å²) in [4.78, 5) is 29.2. The number of amides is 2. The second-order valence-corrected chi connectivity index (χ2v) is 4.92. The van der Waals surface area contributed by atoms with Crippen LogP contribution in [0, 0.1) is 6.92 Å². The minimum Gasteiger partial charge on any atom is -0.397 e. The average molecular weight is 248 g/mol. The molecule has 0 spiro atoms. The van der Waals surface area contributed by atoms with E-state index in [1.54, 1.807) is 24.8 Å². The maximum absolute atomic E-state index is 11.8. The van der Waals surface area contributed by atoms with Crippen LogP contribution in [0.1, 0.15) is 19.4 Å². The van der Waals surface area contributed by atoms with Crippen molar-refractivity contribution in [2.24, 2.45) is 0 Å².